The summed E-state index contributed by atoms with van der Waals surface area (Å²) in [5.41, 5.74) is 2.74. The average Bonchev–Trinajstić information content (AvgIpc) is 3.04. The monoisotopic (exact) mass is 323 g/mol. The standard InChI is InChI=1S/C16H22BrNO/c1-2-18-15(7-11-3-4-11)10-13-9-14(17)8-12-5-6-19-16(12)13/h8-9,11,15,18H,2-7,10H2,1H3. The van der Waals surface area contributed by atoms with Gasteiger partial charge < -0.3 is 10.1 Å². The molecule has 3 heteroatoms. The molecule has 1 saturated carbocycles. The van der Waals surface area contributed by atoms with Crippen LogP contribution in [-0.4, -0.2) is 19.2 Å². The number of fused-ring (bicyclic) bond motifs is 1. The summed E-state index contributed by atoms with van der Waals surface area (Å²) in [6, 6.07) is 5.04. The maximum Gasteiger partial charge on any atom is 0.125 e. The number of rotatable bonds is 6. The zero-order chi connectivity index (χ0) is 13.2. The van der Waals surface area contributed by atoms with Gasteiger partial charge in [-0.3, -0.25) is 0 Å². The number of nitrogens with one attached hydrogen (secondary N) is 1. The number of ether oxygens (including phenoxy) is 1. The second kappa shape index (κ2) is 5.84. The molecule has 1 heterocycles. The lowest BCUT2D eigenvalue weighted by Crippen LogP contribution is -2.31. The van der Waals surface area contributed by atoms with Gasteiger partial charge in [0.05, 0.1) is 6.61 Å². The van der Waals surface area contributed by atoms with E-state index in [4.69, 9.17) is 4.74 Å². The summed E-state index contributed by atoms with van der Waals surface area (Å²) in [7, 11) is 0. The molecule has 0 saturated heterocycles. The highest BCUT2D eigenvalue weighted by molar-refractivity contribution is 9.10. The lowest BCUT2D eigenvalue weighted by molar-refractivity contribution is 0.350. The molecule has 104 valence electrons. The Kier molecular flexibility index (Phi) is 4.13. The van der Waals surface area contributed by atoms with Gasteiger partial charge in [-0.25, -0.2) is 0 Å². The Morgan fingerprint density at radius 2 is 2.26 bits per heavy atom. The van der Waals surface area contributed by atoms with Gasteiger partial charge in [0, 0.05) is 16.9 Å². The van der Waals surface area contributed by atoms with E-state index in [1.807, 2.05) is 0 Å². The Balaban J connectivity index is 1.76. The van der Waals surface area contributed by atoms with E-state index in [9.17, 15) is 0 Å². The summed E-state index contributed by atoms with van der Waals surface area (Å²) < 4.78 is 7.02. The quantitative estimate of drug-likeness (QED) is 0.861. The van der Waals surface area contributed by atoms with Gasteiger partial charge >= 0.3 is 0 Å². The third kappa shape index (κ3) is 3.32. The molecule has 0 amide bonds. The van der Waals surface area contributed by atoms with E-state index < -0.39 is 0 Å². The highest BCUT2D eigenvalue weighted by Gasteiger charge is 2.26. The molecule has 2 aliphatic rings. The van der Waals surface area contributed by atoms with E-state index in [1.165, 1.54) is 34.9 Å². The Morgan fingerprint density at radius 3 is 3.00 bits per heavy atom. The topological polar surface area (TPSA) is 21.3 Å². The first-order chi connectivity index (χ1) is 9.26. The Bertz CT molecular complexity index is 456. The summed E-state index contributed by atoms with van der Waals surface area (Å²) in [5.74, 6) is 2.12. The molecule has 1 aromatic rings. The van der Waals surface area contributed by atoms with Crippen molar-refractivity contribution in [3.63, 3.8) is 0 Å². The van der Waals surface area contributed by atoms with E-state index in [2.05, 4.69) is 40.3 Å². The van der Waals surface area contributed by atoms with Crippen LogP contribution in [0, 0.1) is 5.92 Å². The zero-order valence-electron chi connectivity index (χ0n) is 11.5. The summed E-state index contributed by atoms with van der Waals surface area (Å²) in [5, 5.41) is 3.64. The van der Waals surface area contributed by atoms with Gasteiger partial charge in [0.15, 0.2) is 0 Å². The van der Waals surface area contributed by atoms with Gasteiger partial charge in [-0.05, 0) is 48.6 Å². The second-order valence-electron chi connectivity index (χ2n) is 5.79. The normalized spacial score (nSPS) is 19.1. The number of benzene rings is 1. The summed E-state index contributed by atoms with van der Waals surface area (Å²) in [6.45, 7) is 4.09. The maximum atomic E-state index is 5.84. The second-order valence-corrected chi connectivity index (χ2v) is 6.71. The molecule has 1 atom stereocenters. The molecular weight excluding hydrogens is 302 g/mol. The average molecular weight is 324 g/mol. The molecule has 19 heavy (non-hydrogen) atoms. The van der Waals surface area contributed by atoms with Gasteiger partial charge in [-0.1, -0.05) is 35.7 Å². The van der Waals surface area contributed by atoms with Crippen LogP contribution in [0.2, 0.25) is 0 Å². The fourth-order valence-corrected chi connectivity index (χ4v) is 3.60. The SMILES string of the molecule is CCNC(Cc1cc(Br)cc2c1OCC2)CC1CC1. The molecule has 3 rings (SSSR count). The number of likely N-dealkylation sites (N-methyl/N-ethyl adjacent to an activating group) is 1. The molecule has 1 aromatic carbocycles. The lowest BCUT2D eigenvalue weighted by Gasteiger charge is -2.19. The Morgan fingerprint density at radius 1 is 1.42 bits per heavy atom. The smallest absolute Gasteiger partial charge is 0.125 e. The van der Waals surface area contributed by atoms with Crippen LogP contribution < -0.4 is 10.1 Å². The highest BCUT2D eigenvalue weighted by Crippen LogP contribution is 2.37. The van der Waals surface area contributed by atoms with Crippen molar-refractivity contribution in [1.82, 2.24) is 5.32 Å². The fraction of sp³-hybridized carbons (Fsp3) is 0.625. The van der Waals surface area contributed by atoms with Gasteiger partial charge in [-0.2, -0.15) is 0 Å². The van der Waals surface area contributed by atoms with Crippen molar-refractivity contribution in [3.05, 3.63) is 27.7 Å². The number of halogens is 1. The fourth-order valence-electron chi connectivity index (χ4n) is 3.05. The summed E-state index contributed by atoms with van der Waals surface area (Å²) in [6.07, 6.45) is 6.31. The van der Waals surface area contributed by atoms with E-state index in [-0.39, 0.29) is 0 Å². The van der Waals surface area contributed by atoms with Crippen LogP contribution in [0.1, 0.15) is 37.3 Å². The third-order valence-electron chi connectivity index (χ3n) is 4.10. The van der Waals surface area contributed by atoms with Crippen LogP contribution >= 0.6 is 15.9 Å². The van der Waals surface area contributed by atoms with Crippen LogP contribution in [0.3, 0.4) is 0 Å². The molecule has 1 N–H and O–H groups in total. The van der Waals surface area contributed by atoms with Crippen molar-refractivity contribution < 1.29 is 4.74 Å². The van der Waals surface area contributed by atoms with E-state index in [0.717, 1.165) is 37.7 Å². The first-order valence-corrected chi connectivity index (χ1v) is 8.23. The highest BCUT2D eigenvalue weighted by atomic mass is 79.9. The molecule has 1 unspecified atom stereocenters. The molecule has 0 spiro atoms. The van der Waals surface area contributed by atoms with Crippen LogP contribution in [0.5, 0.6) is 5.75 Å². The number of hydrogen-bond acceptors (Lipinski definition) is 2. The first-order valence-electron chi connectivity index (χ1n) is 7.43. The van der Waals surface area contributed by atoms with Crippen LogP contribution in [0.4, 0.5) is 0 Å². The Labute approximate surface area is 124 Å². The first kappa shape index (κ1) is 13.4. The van der Waals surface area contributed by atoms with Gasteiger partial charge in [0.2, 0.25) is 0 Å². The Hall–Kier alpha value is -0.540. The third-order valence-corrected chi connectivity index (χ3v) is 4.56. The lowest BCUT2D eigenvalue weighted by atomic mass is 9.98. The predicted molar refractivity (Wildman–Crippen MR) is 81.9 cm³/mol. The zero-order valence-corrected chi connectivity index (χ0v) is 13.1. The van der Waals surface area contributed by atoms with Crippen molar-refractivity contribution in [3.8, 4) is 5.75 Å². The van der Waals surface area contributed by atoms with Crippen molar-refractivity contribution in [2.24, 2.45) is 5.92 Å². The largest absolute Gasteiger partial charge is 0.493 e. The van der Waals surface area contributed by atoms with Crippen LogP contribution in [0.15, 0.2) is 16.6 Å². The molecular formula is C16H22BrNO. The molecule has 1 aliphatic carbocycles. The van der Waals surface area contributed by atoms with Crippen LogP contribution in [-0.2, 0) is 12.8 Å². The minimum Gasteiger partial charge on any atom is -0.493 e. The minimum absolute atomic E-state index is 0.597. The van der Waals surface area contributed by atoms with Crippen molar-refractivity contribution in [2.75, 3.05) is 13.2 Å². The predicted octanol–water partition coefficient (Wildman–Crippen LogP) is 3.70. The van der Waals surface area contributed by atoms with E-state index in [0.29, 0.717) is 6.04 Å². The molecule has 0 bridgehead atoms. The molecule has 0 radical (unpaired) electrons. The van der Waals surface area contributed by atoms with E-state index >= 15 is 0 Å². The number of hydrogen-bond donors (Lipinski definition) is 1. The molecule has 0 aromatic heterocycles. The van der Waals surface area contributed by atoms with Crippen molar-refractivity contribution in [2.45, 2.75) is 45.1 Å². The van der Waals surface area contributed by atoms with Crippen molar-refractivity contribution >= 4 is 15.9 Å². The molecule has 2 nitrogen and oxygen atoms in total. The minimum atomic E-state index is 0.597. The van der Waals surface area contributed by atoms with Crippen molar-refractivity contribution in [1.29, 1.82) is 0 Å². The summed E-state index contributed by atoms with van der Waals surface area (Å²) in [4.78, 5) is 0. The maximum absolute atomic E-state index is 5.84. The summed E-state index contributed by atoms with van der Waals surface area (Å²) >= 11 is 3.63. The van der Waals surface area contributed by atoms with Gasteiger partial charge in [-0.15, -0.1) is 0 Å². The molecule has 1 fully saturated rings. The van der Waals surface area contributed by atoms with E-state index in [1.54, 1.807) is 0 Å². The molecule has 1 aliphatic heterocycles. The van der Waals surface area contributed by atoms with Gasteiger partial charge in [0.1, 0.15) is 5.75 Å². The van der Waals surface area contributed by atoms with Gasteiger partial charge in [0.25, 0.3) is 0 Å². The van der Waals surface area contributed by atoms with Crippen LogP contribution in [0.25, 0.3) is 0 Å².